The van der Waals surface area contributed by atoms with Crippen molar-refractivity contribution in [2.24, 2.45) is 0 Å². The number of fused-ring (bicyclic) bond motifs is 1. The predicted molar refractivity (Wildman–Crippen MR) is 102 cm³/mol. The second kappa shape index (κ2) is 6.26. The molecule has 5 nitrogen and oxygen atoms in total. The molecule has 130 valence electrons. The highest BCUT2D eigenvalue weighted by Gasteiger charge is 2.13. The van der Waals surface area contributed by atoms with E-state index >= 15 is 0 Å². The van der Waals surface area contributed by atoms with E-state index in [1.165, 1.54) is 17.5 Å². The molecule has 0 aliphatic carbocycles. The first-order valence-corrected chi connectivity index (χ1v) is 8.54. The van der Waals surface area contributed by atoms with E-state index in [9.17, 15) is 0 Å². The molecule has 0 saturated heterocycles. The monoisotopic (exact) mass is 344 g/mol. The van der Waals surface area contributed by atoms with Crippen LogP contribution in [0.3, 0.4) is 0 Å². The number of rotatable bonds is 3. The zero-order valence-corrected chi connectivity index (χ0v) is 15.3. The summed E-state index contributed by atoms with van der Waals surface area (Å²) in [4.78, 5) is 8.73. The summed E-state index contributed by atoms with van der Waals surface area (Å²) >= 11 is 0. The van der Waals surface area contributed by atoms with E-state index in [4.69, 9.17) is 4.74 Å². The molecule has 2 aromatic heterocycles. The second-order valence-corrected chi connectivity index (χ2v) is 6.67. The molecular weight excluding hydrogens is 324 g/mol. The zero-order chi connectivity index (χ0) is 18.3. The minimum absolute atomic E-state index is 0.509. The van der Waals surface area contributed by atoms with Gasteiger partial charge >= 0.3 is 0 Å². The van der Waals surface area contributed by atoms with Crippen LogP contribution in [-0.2, 0) is 0 Å². The Morgan fingerprint density at radius 2 is 1.62 bits per heavy atom. The molecule has 4 rings (SSSR count). The van der Waals surface area contributed by atoms with Crippen molar-refractivity contribution in [1.82, 2.24) is 19.7 Å². The number of hydrogen-bond acceptors (Lipinski definition) is 4. The molecule has 0 bridgehead atoms. The minimum Gasteiger partial charge on any atom is -0.438 e. The van der Waals surface area contributed by atoms with E-state index in [-0.39, 0.29) is 0 Å². The summed E-state index contributed by atoms with van der Waals surface area (Å²) in [6.07, 6.45) is 3.27. The van der Waals surface area contributed by atoms with Crippen molar-refractivity contribution in [1.29, 1.82) is 0 Å². The van der Waals surface area contributed by atoms with Crippen molar-refractivity contribution in [3.05, 3.63) is 71.2 Å². The second-order valence-electron chi connectivity index (χ2n) is 6.67. The molecule has 2 heterocycles. The van der Waals surface area contributed by atoms with Gasteiger partial charge in [-0.05, 0) is 74.2 Å². The summed E-state index contributed by atoms with van der Waals surface area (Å²) in [5, 5.41) is 5.29. The average molecular weight is 344 g/mol. The first-order chi connectivity index (χ1) is 12.5. The molecule has 4 aromatic rings. The van der Waals surface area contributed by atoms with Gasteiger partial charge in [0.2, 0.25) is 5.88 Å². The molecule has 0 radical (unpaired) electrons. The molecule has 0 amide bonds. The summed E-state index contributed by atoms with van der Waals surface area (Å²) in [5.74, 6) is 1.27. The lowest BCUT2D eigenvalue weighted by Gasteiger charge is -2.08. The van der Waals surface area contributed by atoms with Crippen molar-refractivity contribution in [3.8, 4) is 17.3 Å². The predicted octanol–water partition coefficient (Wildman–Crippen LogP) is 4.84. The molecule has 2 aromatic carbocycles. The number of aryl methyl sites for hydroxylation is 4. The Labute approximate surface area is 152 Å². The molecule has 26 heavy (non-hydrogen) atoms. The first-order valence-electron chi connectivity index (χ1n) is 8.54. The van der Waals surface area contributed by atoms with Gasteiger partial charge in [-0.2, -0.15) is 5.10 Å². The quantitative estimate of drug-likeness (QED) is 0.533. The summed E-state index contributed by atoms with van der Waals surface area (Å²) in [6.45, 7) is 8.28. The fraction of sp³-hybridized carbons (Fsp3) is 0.190. The molecule has 0 N–H and O–H groups in total. The number of ether oxygens (including phenoxy) is 1. The Bertz CT molecular complexity index is 1090. The van der Waals surface area contributed by atoms with Crippen molar-refractivity contribution in [2.45, 2.75) is 27.7 Å². The van der Waals surface area contributed by atoms with Gasteiger partial charge in [-0.25, -0.2) is 14.6 Å². The van der Waals surface area contributed by atoms with E-state index in [0.29, 0.717) is 5.88 Å². The van der Waals surface area contributed by atoms with Crippen LogP contribution in [0, 0.1) is 27.7 Å². The lowest BCUT2D eigenvalue weighted by Crippen LogP contribution is -1.99. The van der Waals surface area contributed by atoms with Gasteiger partial charge in [0.15, 0.2) is 5.65 Å². The molecule has 0 atom stereocenters. The minimum atomic E-state index is 0.509. The van der Waals surface area contributed by atoms with Crippen LogP contribution in [0.5, 0.6) is 11.6 Å². The van der Waals surface area contributed by atoms with E-state index in [2.05, 4.69) is 47.1 Å². The number of benzene rings is 2. The van der Waals surface area contributed by atoms with Crippen LogP contribution >= 0.6 is 0 Å². The smallest absolute Gasteiger partial charge is 0.233 e. The Morgan fingerprint density at radius 1 is 0.846 bits per heavy atom. The highest BCUT2D eigenvalue weighted by atomic mass is 16.5. The van der Waals surface area contributed by atoms with Crippen LogP contribution in [0.25, 0.3) is 16.7 Å². The Morgan fingerprint density at radius 3 is 2.35 bits per heavy atom. The number of nitrogens with zero attached hydrogens (tertiary/aromatic N) is 4. The first kappa shape index (κ1) is 16.3. The lowest BCUT2D eigenvalue weighted by molar-refractivity contribution is 0.467. The number of aromatic nitrogens is 4. The maximum atomic E-state index is 6.04. The number of hydrogen-bond donors (Lipinski definition) is 0. The Kier molecular flexibility index (Phi) is 3.92. The van der Waals surface area contributed by atoms with Crippen LogP contribution in [-0.4, -0.2) is 19.7 Å². The largest absolute Gasteiger partial charge is 0.438 e. The molecule has 0 fully saturated rings. The zero-order valence-electron chi connectivity index (χ0n) is 15.3. The van der Waals surface area contributed by atoms with Gasteiger partial charge in [0, 0.05) is 0 Å². The fourth-order valence-electron chi connectivity index (χ4n) is 3.05. The van der Waals surface area contributed by atoms with Gasteiger partial charge < -0.3 is 4.74 Å². The Hall–Kier alpha value is -3.21. The normalized spacial score (nSPS) is 11.1. The maximum absolute atomic E-state index is 6.04. The molecule has 0 saturated carbocycles. The highest BCUT2D eigenvalue weighted by Crippen LogP contribution is 2.29. The third kappa shape index (κ3) is 2.92. The Balaban J connectivity index is 1.78. The fourth-order valence-corrected chi connectivity index (χ4v) is 3.05. The topological polar surface area (TPSA) is 52.8 Å². The van der Waals surface area contributed by atoms with E-state index in [0.717, 1.165) is 33.6 Å². The SMILES string of the molecule is Cc1cc(C)cc(Oc2ncnc3c2cnn3-c2ccc(C)c(C)c2)c1. The summed E-state index contributed by atoms with van der Waals surface area (Å²) in [7, 11) is 0. The van der Waals surface area contributed by atoms with Crippen molar-refractivity contribution in [3.63, 3.8) is 0 Å². The van der Waals surface area contributed by atoms with Crippen molar-refractivity contribution >= 4 is 11.0 Å². The molecule has 5 heteroatoms. The molecular formula is C21H20N4O. The van der Waals surface area contributed by atoms with Gasteiger partial charge in [-0.3, -0.25) is 0 Å². The molecule has 0 aliphatic rings. The maximum Gasteiger partial charge on any atom is 0.233 e. The van der Waals surface area contributed by atoms with Gasteiger partial charge in [0.25, 0.3) is 0 Å². The van der Waals surface area contributed by atoms with E-state index < -0.39 is 0 Å². The van der Waals surface area contributed by atoms with E-state index in [1.807, 2.05) is 36.7 Å². The van der Waals surface area contributed by atoms with Crippen molar-refractivity contribution < 1.29 is 4.74 Å². The van der Waals surface area contributed by atoms with Crippen LogP contribution < -0.4 is 4.74 Å². The van der Waals surface area contributed by atoms with Crippen LogP contribution in [0.15, 0.2) is 48.9 Å². The summed E-state index contributed by atoms with van der Waals surface area (Å²) in [5.41, 5.74) is 6.46. The third-order valence-electron chi connectivity index (χ3n) is 4.47. The van der Waals surface area contributed by atoms with Crippen molar-refractivity contribution in [2.75, 3.05) is 0 Å². The standard InChI is InChI=1S/C21H20N4O/c1-13-7-14(2)9-18(8-13)26-21-19-11-24-25(20(19)22-12-23-21)17-6-5-15(3)16(4)10-17/h5-12H,1-4H3. The van der Waals surface area contributed by atoms with Crippen LogP contribution in [0.2, 0.25) is 0 Å². The van der Waals surface area contributed by atoms with Gasteiger partial charge in [0.1, 0.15) is 17.5 Å². The van der Waals surface area contributed by atoms with Crippen LogP contribution in [0.1, 0.15) is 22.3 Å². The summed E-state index contributed by atoms with van der Waals surface area (Å²) in [6, 6.07) is 12.3. The summed E-state index contributed by atoms with van der Waals surface area (Å²) < 4.78 is 7.86. The molecule has 0 unspecified atom stereocenters. The molecule has 0 spiro atoms. The lowest BCUT2D eigenvalue weighted by atomic mass is 10.1. The molecule has 0 aliphatic heterocycles. The van der Waals surface area contributed by atoms with E-state index in [1.54, 1.807) is 6.20 Å². The highest BCUT2D eigenvalue weighted by molar-refractivity contribution is 5.81. The average Bonchev–Trinajstić information content (AvgIpc) is 3.02. The van der Waals surface area contributed by atoms with Gasteiger partial charge in [0.05, 0.1) is 11.9 Å². The van der Waals surface area contributed by atoms with Gasteiger partial charge in [-0.1, -0.05) is 12.1 Å². The third-order valence-corrected chi connectivity index (χ3v) is 4.47. The van der Waals surface area contributed by atoms with Gasteiger partial charge in [-0.15, -0.1) is 0 Å². The van der Waals surface area contributed by atoms with Crippen LogP contribution in [0.4, 0.5) is 0 Å².